The highest BCUT2D eigenvalue weighted by atomic mass is 16.4. The van der Waals surface area contributed by atoms with Crippen LogP contribution in [0.25, 0.3) is 0 Å². The molecule has 2 heterocycles. The average Bonchev–Trinajstić information content (AvgIpc) is 3.17. The van der Waals surface area contributed by atoms with E-state index in [1.807, 2.05) is 41.3 Å². The van der Waals surface area contributed by atoms with E-state index in [0.717, 1.165) is 24.2 Å². The van der Waals surface area contributed by atoms with Crippen LogP contribution in [0.1, 0.15) is 108 Å². The second kappa shape index (κ2) is 27.9. The van der Waals surface area contributed by atoms with E-state index in [1.165, 1.54) is 0 Å². The van der Waals surface area contributed by atoms with Crippen LogP contribution >= 0.6 is 0 Å². The molecular weight excluding hydrogens is 742 g/mol. The third kappa shape index (κ3) is 21.9. The zero-order chi connectivity index (χ0) is 41.8. The number of rotatable bonds is 31. The molecule has 3 unspecified atom stereocenters. The van der Waals surface area contributed by atoms with Crippen molar-refractivity contribution >= 4 is 41.7 Å². The molecule has 0 aromatic carbocycles. The molecule has 0 saturated heterocycles. The van der Waals surface area contributed by atoms with E-state index >= 15 is 0 Å². The van der Waals surface area contributed by atoms with Gasteiger partial charge in [-0.3, -0.25) is 34.0 Å². The van der Waals surface area contributed by atoms with E-state index in [0.29, 0.717) is 90.4 Å². The fraction of sp³-hybridized carbons (Fsp3) is 0.564. The molecule has 0 bridgehead atoms. The predicted molar refractivity (Wildman–Crippen MR) is 207 cm³/mol. The van der Waals surface area contributed by atoms with Crippen LogP contribution in [0.3, 0.4) is 0 Å². The first-order valence-corrected chi connectivity index (χ1v) is 19.4. The molecule has 3 atom stereocenters. The molecule has 8 N–H and O–H groups in total. The van der Waals surface area contributed by atoms with E-state index in [-0.39, 0.29) is 24.7 Å². The Morgan fingerprint density at radius 3 is 1.47 bits per heavy atom. The average molecular weight is 800 g/mol. The minimum absolute atomic E-state index is 0.0667. The molecule has 0 radical (unpaired) electrons. The highest BCUT2D eigenvalue weighted by Gasteiger charge is 2.27. The summed E-state index contributed by atoms with van der Waals surface area (Å²) in [5.74, 6) is -5.05. The second-order valence-electron chi connectivity index (χ2n) is 13.7. The van der Waals surface area contributed by atoms with Crippen molar-refractivity contribution < 1.29 is 54.0 Å². The van der Waals surface area contributed by atoms with Gasteiger partial charge in [-0.15, -0.1) is 0 Å². The molecule has 4 amide bonds. The Balaban J connectivity index is 1.54. The van der Waals surface area contributed by atoms with Crippen LogP contribution in [0.5, 0.6) is 0 Å². The van der Waals surface area contributed by atoms with Crippen molar-refractivity contribution in [1.82, 2.24) is 36.1 Å². The zero-order valence-electron chi connectivity index (χ0n) is 32.3. The van der Waals surface area contributed by atoms with Gasteiger partial charge >= 0.3 is 29.9 Å². The van der Waals surface area contributed by atoms with Crippen molar-refractivity contribution in [2.75, 3.05) is 13.1 Å². The third-order valence-corrected chi connectivity index (χ3v) is 9.04. The zero-order valence-corrected chi connectivity index (χ0v) is 32.3. The molecular formula is C39H57N7O11. The van der Waals surface area contributed by atoms with Gasteiger partial charge in [-0.2, -0.15) is 0 Å². The highest BCUT2D eigenvalue weighted by molar-refractivity contribution is 5.86. The molecule has 18 heteroatoms. The lowest BCUT2D eigenvalue weighted by Gasteiger charge is -2.28. The Kier molecular flexibility index (Phi) is 23.2. The summed E-state index contributed by atoms with van der Waals surface area (Å²) in [4.78, 5) is 93.0. The summed E-state index contributed by atoms with van der Waals surface area (Å²) in [7, 11) is 0. The topological polar surface area (TPSA) is 278 Å². The van der Waals surface area contributed by atoms with Crippen LogP contribution in [0.2, 0.25) is 0 Å². The largest absolute Gasteiger partial charge is 0.481 e. The van der Waals surface area contributed by atoms with Crippen molar-refractivity contribution in [2.24, 2.45) is 0 Å². The number of unbranched alkanes of at least 4 members (excludes halogenated alkanes) is 6. The van der Waals surface area contributed by atoms with E-state index < -0.39 is 54.5 Å². The number of hydrogen-bond acceptors (Lipinski definition) is 10. The van der Waals surface area contributed by atoms with Crippen LogP contribution in [0, 0.1) is 0 Å². The number of carboxylic acids is 4. The van der Waals surface area contributed by atoms with Crippen LogP contribution < -0.4 is 21.3 Å². The number of pyridine rings is 2. The number of nitrogens with zero attached hydrogens (tertiary/aromatic N) is 3. The van der Waals surface area contributed by atoms with Crippen molar-refractivity contribution in [3.05, 3.63) is 60.2 Å². The van der Waals surface area contributed by atoms with Gasteiger partial charge in [-0.1, -0.05) is 37.8 Å². The van der Waals surface area contributed by atoms with E-state index in [2.05, 4.69) is 31.2 Å². The Labute approximate surface area is 332 Å². The Morgan fingerprint density at radius 1 is 0.544 bits per heavy atom. The Bertz CT molecular complexity index is 1510. The van der Waals surface area contributed by atoms with Gasteiger partial charge in [0.05, 0.1) is 11.4 Å². The van der Waals surface area contributed by atoms with Crippen molar-refractivity contribution in [1.29, 1.82) is 0 Å². The Morgan fingerprint density at radius 2 is 1.02 bits per heavy atom. The summed E-state index contributed by atoms with van der Waals surface area (Å²) >= 11 is 0. The number of hydrogen-bond donors (Lipinski definition) is 8. The molecule has 2 rings (SSSR count). The smallest absolute Gasteiger partial charge is 0.326 e. The number of urea groups is 1. The van der Waals surface area contributed by atoms with Gasteiger partial charge in [-0.25, -0.2) is 14.4 Å². The van der Waals surface area contributed by atoms with Gasteiger partial charge in [0, 0.05) is 57.8 Å². The molecule has 0 fully saturated rings. The molecule has 2 aromatic heterocycles. The van der Waals surface area contributed by atoms with E-state index in [4.69, 9.17) is 10.2 Å². The maximum Gasteiger partial charge on any atom is 0.326 e. The maximum atomic E-state index is 12.3. The first-order valence-electron chi connectivity index (χ1n) is 19.4. The van der Waals surface area contributed by atoms with Crippen LogP contribution in [0.4, 0.5) is 4.79 Å². The lowest BCUT2D eigenvalue weighted by atomic mass is 10.1. The number of carbonyl (C=O) groups excluding carboxylic acids is 3. The van der Waals surface area contributed by atoms with Gasteiger partial charge in [0.1, 0.15) is 18.1 Å². The van der Waals surface area contributed by atoms with Gasteiger partial charge < -0.3 is 41.7 Å². The van der Waals surface area contributed by atoms with Gasteiger partial charge in [0.25, 0.3) is 0 Å². The van der Waals surface area contributed by atoms with Gasteiger partial charge in [0.2, 0.25) is 11.8 Å². The molecule has 57 heavy (non-hydrogen) atoms. The summed E-state index contributed by atoms with van der Waals surface area (Å²) < 4.78 is 0. The third-order valence-electron chi connectivity index (χ3n) is 9.04. The lowest BCUT2D eigenvalue weighted by molar-refractivity contribution is -0.144. The summed E-state index contributed by atoms with van der Waals surface area (Å²) in [5.41, 5.74) is 1.53. The number of carboxylic acid groups (broad SMARTS) is 4. The molecule has 0 spiro atoms. The molecule has 0 aliphatic heterocycles. The molecule has 0 aliphatic carbocycles. The van der Waals surface area contributed by atoms with E-state index in [1.54, 1.807) is 12.4 Å². The van der Waals surface area contributed by atoms with E-state index in [9.17, 15) is 43.8 Å². The maximum absolute atomic E-state index is 12.3. The van der Waals surface area contributed by atoms with Crippen molar-refractivity contribution in [2.45, 2.75) is 128 Å². The molecule has 2 aromatic rings. The fourth-order valence-electron chi connectivity index (χ4n) is 5.95. The number of aliphatic carboxylic acids is 4. The number of nitrogens with one attached hydrogen (secondary N) is 4. The summed E-state index contributed by atoms with van der Waals surface area (Å²) in [6, 6.07) is 6.57. The Hall–Kier alpha value is -5.65. The summed E-state index contributed by atoms with van der Waals surface area (Å²) in [5, 5.41) is 47.4. The number of carbonyl (C=O) groups is 7. The number of amides is 4. The first-order chi connectivity index (χ1) is 27.3. The predicted octanol–water partition coefficient (Wildman–Crippen LogP) is 3.31. The fourth-order valence-corrected chi connectivity index (χ4v) is 5.95. The first kappa shape index (κ1) is 47.5. The second-order valence-corrected chi connectivity index (χ2v) is 13.7. The molecule has 18 nitrogen and oxygen atoms in total. The van der Waals surface area contributed by atoms with Crippen molar-refractivity contribution in [3.63, 3.8) is 0 Å². The number of aromatic nitrogens is 2. The van der Waals surface area contributed by atoms with Crippen LogP contribution in [-0.4, -0.2) is 108 Å². The van der Waals surface area contributed by atoms with Crippen molar-refractivity contribution in [3.8, 4) is 0 Å². The normalized spacial score (nSPS) is 12.5. The SMILES string of the molecule is O=C(O)CCC(NC(=O)NC(CCCCCNC(=O)CCCCCCC(=O)NCCCCC(C(=O)O)N(Cc1ccccn1)Cc1ccccn1)C(=O)O)C(=O)O. The van der Waals surface area contributed by atoms with Gasteiger partial charge in [-0.05, 0) is 75.6 Å². The van der Waals surface area contributed by atoms with Crippen LogP contribution in [0.15, 0.2) is 48.8 Å². The summed E-state index contributed by atoms with van der Waals surface area (Å²) in [6.45, 7) is 1.58. The summed E-state index contributed by atoms with van der Waals surface area (Å²) in [6.07, 6.45) is 9.49. The van der Waals surface area contributed by atoms with Crippen LogP contribution in [-0.2, 0) is 41.9 Å². The molecule has 0 aliphatic rings. The molecule has 0 saturated carbocycles. The quantitative estimate of drug-likeness (QED) is 0.0509. The van der Waals surface area contributed by atoms with Gasteiger partial charge in [0.15, 0.2) is 0 Å². The highest BCUT2D eigenvalue weighted by Crippen LogP contribution is 2.16. The minimum Gasteiger partial charge on any atom is -0.481 e. The lowest BCUT2D eigenvalue weighted by Crippen LogP contribution is -2.51. The standard InChI is InChI=1S/C39H57N7O11/c47-33(42-24-10-3-4-16-30(36(51)52)44-39(57)45-31(37(53)54)20-21-35(49)50)18-5-1-2-6-19-34(48)43-25-13-9-17-32(38(55)56)46(26-28-14-7-11-22-40-28)27-29-15-8-12-23-41-29/h7-8,11-12,14-15,22-23,30-32H,1-6,9-10,13,16-21,24-27H2,(H,42,47)(H,43,48)(H,49,50)(H,51,52)(H,53,54)(H,55,56)(H2,44,45,57). The molecule has 314 valence electrons. The minimum atomic E-state index is -1.48. The monoisotopic (exact) mass is 799 g/mol.